The number of anilines is 1. The Morgan fingerprint density at radius 2 is 2.15 bits per heavy atom. The number of nitrogens with one attached hydrogen (secondary N) is 1. The number of hydrogen-bond donors (Lipinski definition) is 1. The van der Waals surface area contributed by atoms with Gasteiger partial charge in [-0.1, -0.05) is 6.07 Å². The van der Waals surface area contributed by atoms with Crippen LogP contribution in [0.5, 0.6) is 0 Å². The Balaban J connectivity index is 1.69. The highest BCUT2D eigenvalue weighted by Gasteiger charge is 2.33. The topological polar surface area (TPSA) is 103 Å². The quantitative estimate of drug-likeness (QED) is 0.590. The fourth-order valence-corrected chi connectivity index (χ4v) is 3.41. The van der Waals surface area contributed by atoms with Gasteiger partial charge in [-0.25, -0.2) is 0 Å². The Labute approximate surface area is 147 Å². The van der Waals surface area contributed by atoms with Crippen LogP contribution in [0.4, 0.5) is 5.82 Å². The van der Waals surface area contributed by atoms with E-state index in [1.54, 1.807) is 27.7 Å². The highest BCUT2D eigenvalue weighted by atomic mass is 16.1. The molecule has 0 fully saturated rings. The number of amides is 1. The van der Waals surface area contributed by atoms with Crippen LogP contribution in [0.25, 0.3) is 11.5 Å². The average molecular weight is 346 g/mol. The molecule has 0 aromatic carbocycles. The Hall–Kier alpha value is -3.62. The van der Waals surface area contributed by atoms with Gasteiger partial charge in [0.05, 0.1) is 5.69 Å². The summed E-state index contributed by atoms with van der Waals surface area (Å²) in [4.78, 5) is 16.5. The summed E-state index contributed by atoms with van der Waals surface area (Å²) in [5.74, 6) is 1.08. The van der Waals surface area contributed by atoms with E-state index < -0.39 is 0 Å². The van der Waals surface area contributed by atoms with Crippen LogP contribution in [0.15, 0.2) is 43.0 Å². The zero-order chi connectivity index (χ0) is 17.7. The first kappa shape index (κ1) is 14.7. The van der Waals surface area contributed by atoms with Gasteiger partial charge in [0.25, 0.3) is 0 Å². The summed E-state index contributed by atoms with van der Waals surface area (Å²) in [5.41, 5.74) is 3.47. The minimum absolute atomic E-state index is 0.0575. The lowest BCUT2D eigenvalue weighted by atomic mass is 9.87. The second kappa shape index (κ2) is 5.45. The zero-order valence-electron chi connectivity index (χ0n) is 13.9. The van der Waals surface area contributed by atoms with Crippen molar-refractivity contribution in [2.24, 2.45) is 0 Å². The summed E-state index contributed by atoms with van der Waals surface area (Å²) in [6, 6.07) is 7.47. The van der Waals surface area contributed by atoms with Gasteiger partial charge in [0.1, 0.15) is 12.1 Å². The van der Waals surface area contributed by atoms with E-state index >= 15 is 0 Å². The summed E-state index contributed by atoms with van der Waals surface area (Å²) in [5, 5.41) is 19.8. The Morgan fingerprint density at radius 3 is 3.00 bits per heavy atom. The molecule has 0 unspecified atom stereocenters. The van der Waals surface area contributed by atoms with E-state index in [-0.39, 0.29) is 11.8 Å². The Bertz CT molecular complexity index is 1130. The van der Waals surface area contributed by atoms with Gasteiger partial charge < -0.3 is 5.32 Å². The molecule has 5 rings (SSSR count). The molecule has 9 nitrogen and oxygen atoms in total. The van der Waals surface area contributed by atoms with Crippen molar-refractivity contribution in [2.75, 3.05) is 5.32 Å². The van der Waals surface area contributed by atoms with E-state index in [2.05, 4.69) is 30.7 Å². The monoisotopic (exact) mass is 346 g/mol. The molecule has 1 aliphatic rings. The predicted octanol–water partition coefficient (Wildman–Crippen LogP) is 1.49. The van der Waals surface area contributed by atoms with Crippen molar-refractivity contribution >= 4 is 17.4 Å². The molecule has 4 aromatic heterocycles. The summed E-state index contributed by atoms with van der Waals surface area (Å²) in [6.45, 7) is 1.94. The molecular weight excluding hydrogens is 332 g/mol. The molecule has 9 heteroatoms. The largest absolute Gasteiger partial charge is 0.310 e. The highest BCUT2D eigenvalue weighted by molar-refractivity contribution is 5.95. The average Bonchev–Trinajstić information content (AvgIpc) is 3.25. The van der Waals surface area contributed by atoms with E-state index in [9.17, 15) is 4.79 Å². The molecule has 0 spiro atoms. The van der Waals surface area contributed by atoms with Gasteiger partial charge >= 0.3 is 0 Å². The molecule has 128 valence electrons. The van der Waals surface area contributed by atoms with Gasteiger partial charge in [-0.15, -0.1) is 15.3 Å². The molecule has 26 heavy (non-hydrogen) atoms. The minimum atomic E-state index is -0.0835. The van der Waals surface area contributed by atoms with Crippen molar-refractivity contribution in [2.45, 2.75) is 19.3 Å². The van der Waals surface area contributed by atoms with E-state index in [0.717, 1.165) is 16.8 Å². The number of fused-ring (bicyclic) bond motifs is 2. The fraction of sp³-hybridized carbons (Fsp3) is 0.176. The molecule has 4 aromatic rings. The summed E-state index contributed by atoms with van der Waals surface area (Å²) < 4.78 is 3.23. The number of carbonyl (C=O) groups excluding carboxylic acids is 1. The van der Waals surface area contributed by atoms with Crippen LogP contribution in [0.1, 0.15) is 29.2 Å². The molecule has 0 radical (unpaired) electrons. The van der Waals surface area contributed by atoms with Crippen LogP contribution < -0.4 is 5.32 Å². The third kappa shape index (κ3) is 2.17. The van der Waals surface area contributed by atoms with Gasteiger partial charge in [0, 0.05) is 30.3 Å². The summed E-state index contributed by atoms with van der Waals surface area (Å²) >= 11 is 0. The molecule has 1 N–H and O–H groups in total. The molecule has 1 atom stereocenters. The molecule has 0 aliphatic carbocycles. The van der Waals surface area contributed by atoms with Crippen molar-refractivity contribution in [3.05, 3.63) is 59.8 Å². The van der Waals surface area contributed by atoms with Crippen LogP contribution in [0.2, 0.25) is 0 Å². The number of pyridine rings is 1. The van der Waals surface area contributed by atoms with E-state index in [0.29, 0.717) is 23.7 Å². The van der Waals surface area contributed by atoms with Crippen LogP contribution in [-0.4, -0.2) is 40.5 Å². The third-order valence-corrected chi connectivity index (χ3v) is 4.55. The summed E-state index contributed by atoms with van der Waals surface area (Å²) in [6.07, 6.45) is 5.41. The van der Waals surface area contributed by atoms with Gasteiger partial charge in [-0.2, -0.15) is 14.3 Å². The van der Waals surface area contributed by atoms with Crippen LogP contribution >= 0.6 is 0 Å². The van der Waals surface area contributed by atoms with Crippen LogP contribution in [0.3, 0.4) is 0 Å². The second-order valence-corrected chi connectivity index (χ2v) is 6.18. The molecule has 0 saturated heterocycles. The maximum atomic E-state index is 12.4. The molecular formula is C17H14N8O. The number of nitrogens with zero attached hydrogens (tertiary/aromatic N) is 7. The fourth-order valence-electron chi connectivity index (χ4n) is 3.41. The number of aryl methyl sites for hydroxylation is 1. The lowest BCUT2D eigenvalue weighted by Gasteiger charge is -2.23. The first-order chi connectivity index (χ1) is 12.7. The molecule has 0 saturated carbocycles. The minimum Gasteiger partial charge on any atom is -0.310 e. The lowest BCUT2D eigenvalue weighted by Crippen LogP contribution is -2.25. The van der Waals surface area contributed by atoms with Crippen molar-refractivity contribution in [3.8, 4) is 5.82 Å². The number of carbonyl (C=O) groups is 1. The molecule has 1 amide bonds. The Kier molecular flexibility index (Phi) is 3.08. The number of rotatable bonds is 2. The third-order valence-electron chi connectivity index (χ3n) is 4.55. The normalized spacial score (nSPS) is 16.5. The van der Waals surface area contributed by atoms with Gasteiger partial charge in [-0.3, -0.25) is 9.78 Å². The van der Waals surface area contributed by atoms with Crippen LogP contribution in [-0.2, 0) is 4.79 Å². The molecule has 0 bridgehead atoms. The second-order valence-electron chi connectivity index (χ2n) is 6.18. The zero-order valence-corrected chi connectivity index (χ0v) is 13.9. The predicted molar refractivity (Wildman–Crippen MR) is 92.0 cm³/mol. The number of hydrogen-bond acceptors (Lipinski definition) is 6. The van der Waals surface area contributed by atoms with Gasteiger partial charge in [0.2, 0.25) is 5.91 Å². The lowest BCUT2D eigenvalue weighted by molar-refractivity contribution is -0.116. The van der Waals surface area contributed by atoms with Crippen molar-refractivity contribution < 1.29 is 4.79 Å². The highest BCUT2D eigenvalue weighted by Crippen LogP contribution is 2.39. The standard InChI is InChI=1S/C17H14N8O/c1-10-16-12(11-3-2-6-18-8-11)7-15(26)20-17(16)25(22-10)14-5-4-13-21-19-9-24(13)23-14/h2-6,8-9,12H,7H2,1H3,(H,20,26)/t12-/m1/s1. The van der Waals surface area contributed by atoms with Crippen molar-refractivity contribution in [3.63, 3.8) is 0 Å². The first-order valence-corrected chi connectivity index (χ1v) is 8.17. The van der Waals surface area contributed by atoms with Crippen molar-refractivity contribution in [1.82, 2.24) is 34.6 Å². The SMILES string of the molecule is Cc1nn(-c2ccc3nncn3n2)c2c1[C@@H](c1cccnc1)CC(=O)N2. The van der Waals surface area contributed by atoms with Gasteiger partial charge in [0.15, 0.2) is 11.5 Å². The van der Waals surface area contributed by atoms with Crippen LogP contribution in [0, 0.1) is 6.92 Å². The summed E-state index contributed by atoms with van der Waals surface area (Å²) in [7, 11) is 0. The van der Waals surface area contributed by atoms with Crippen molar-refractivity contribution in [1.29, 1.82) is 0 Å². The maximum absolute atomic E-state index is 12.4. The van der Waals surface area contributed by atoms with Gasteiger partial charge in [-0.05, 0) is 30.7 Å². The first-order valence-electron chi connectivity index (χ1n) is 8.17. The molecule has 5 heterocycles. The molecule has 1 aliphatic heterocycles. The van der Waals surface area contributed by atoms with E-state index in [1.165, 1.54) is 6.33 Å². The van der Waals surface area contributed by atoms with E-state index in [1.807, 2.05) is 25.1 Å². The number of aromatic nitrogens is 7. The maximum Gasteiger partial charge on any atom is 0.226 e. The smallest absolute Gasteiger partial charge is 0.226 e. The van der Waals surface area contributed by atoms with E-state index in [4.69, 9.17) is 0 Å². The Morgan fingerprint density at radius 1 is 1.23 bits per heavy atom.